The number of anilines is 3. The molecule has 3 aliphatic rings. The highest BCUT2D eigenvalue weighted by Gasteiger charge is 2.34. The van der Waals surface area contributed by atoms with Crippen LogP contribution in [0.15, 0.2) is 48.8 Å². The standard InChI is InChI=1S/C27H25N7O2/c1-33-12-9-18-17(8-10-28-25(18)33)16-5-6-20(23-19(16)13-29-27(23)36)30-22-7-4-15-14-34-11-2-3-21(34)26(35)32-24(15)31-22/h4-10,12,21H,2-3,11,13-14H2,1H3,(H,29,36)(H2,30,31,32,35)/t21-/m0/s1. The summed E-state index contributed by atoms with van der Waals surface area (Å²) >= 11 is 0. The van der Waals surface area contributed by atoms with Gasteiger partial charge in [-0.25, -0.2) is 9.97 Å². The summed E-state index contributed by atoms with van der Waals surface area (Å²) in [6, 6.07) is 11.8. The van der Waals surface area contributed by atoms with Gasteiger partial charge in [-0.05, 0) is 60.3 Å². The molecule has 9 nitrogen and oxygen atoms in total. The molecule has 1 saturated heterocycles. The molecule has 2 amide bonds. The molecule has 4 aromatic rings. The Bertz CT molecular complexity index is 1570. The maximum Gasteiger partial charge on any atom is 0.254 e. The first-order chi connectivity index (χ1) is 17.6. The van der Waals surface area contributed by atoms with E-state index < -0.39 is 0 Å². The molecule has 9 heteroatoms. The second kappa shape index (κ2) is 7.89. The van der Waals surface area contributed by atoms with Crippen LogP contribution in [0.2, 0.25) is 0 Å². The van der Waals surface area contributed by atoms with Gasteiger partial charge in [0.25, 0.3) is 5.91 Å². The fourth-order valence-electron chi connectivity index (χ4n) is 5.77. The minimum absolute atomic E-state index is 0.00472. The quantitative estimate of drug-likeness (QED) is 0.415. The van der Waals surface area contributed by atoms with Gasteiger partial charge in [-0.1, -0.05) is 12.1 Å². The van der Waals surface area contributed by atoms with Gasteiger partial charge in [0.15, 0.2) is 0 Å². The molecule has 0 spiro atoms. The number of hydrogen-bond acceptors (Lipinski definition) is 6. The summed E-state index contributed by atoms with van der Waals surface area (Å²) in [5.74, 6) is 1.06. The molecule has 7 rings (SSSR count). The summed E-state index contributed by atoms with van der Waals surface area (Å²) in [5, 5.41) is 10.4. The summed E-state index contributed by atoms with van der Waals surface area (Å²) in [6.07, 6.45) is 5.72. The molecule has 0 saturated carbocycles. The first kappa shape index (κ1) is 21.1. The Labute approximate surface area is 207 Å². The van der Waals surface area contributed by atoms with Gasteiger partial charge >= 0.3 is 0 Å². The Balaban J connectivity index is 1.26. The lowest BCUT2D eigenvalue weighted by Crippen LogP contribution is -2.36. The van der Waals surface area contributed by atoms with Gasteiger partial charge in [0, 0.05) is 43.5 Å². The van der Waals surface area contributed by atoms with Crippen molar-refractivity contribution in [2.24, 2.45) is 7.05 Å². The summed E-state index contributed by atoms with van der Waals surface area (Å²) in [6.45, 7) is 2.09. The molecule has 3 aromatic heterocycles. The largest absolute Gasteiger partial charge is 0.348 e. The van der Waals surface area contributed by atoms with Gasteiger partial charge < -0.3 is 20.5 Å². The molecule has 180 valence electrons. The zero-order valence-electron chi connectivity index (χ0n) is 19.8. The number of rotatable bonds is 3. The number of pyridine rings is 2. The van der Waals surface area contributed by atoms with E-state index in [1.807, 2.05) is 48.1 Å². The van der Waals surface area contributed by atoms with Gasteiger partial charge in [0.05, 0.1) is 17.3 Å². The average Bonchev–Trinajstić information content (AvgIpc) is 3.59. The first-order valence-electron chi connectivity index (χ1n) is 12.2. The van der Waals surface area contributed by atoms with Crippen molar-refractivity contribution in [2.75, 3.05) is 17.2 Å². The lowest BCUT2D eigenvalue weighted by Gasteiger charge is -2.19. The number of nitrogens with one attached hydrogen (secondary N) is 3. The zero-order valence-corrected chi connectivity index (χ0v) is 19.8. The number of benzene rings is 1. The Morgan fingerprint density at radius 1 is 1.08 bits per heavy atom. The molecule has 36 heavy (non-hydrogen) atoms. The fraction of sp³-hybridized carbons (Fsp3) is 0.259. The lowest BCUT2D eigenvalue weighted by atomic mass is 9.94. The van der Waals surface area contributed by atoms with E-state index in [1.54, 1.807) is 6.20 Å². The molecule has 1 fully saturated rings. The third-order valence-electron chi connectivity index (χ3n) is 7.55. The molecular formula is C27H25N7O2. The van der Waals surface area contributed by atoms with E-state index >= 15 is 0 Å². The van der Waals surface area contributed by atoms with E-state index in [0.29, 0.717) is 36.0 Å². The molecule has 0 unspecified atom stereocenters. The Morgan fingerprint density at radius 3 is 2.92 bits per heavy atom. The minimum Gasteiger partial charge on any atom is -0.348 e. The molecule has 3 aliphatic heterocycles. The molecule has 0 radical (unpaired) electrons. The number of hydrogen-bond donors (Lipinski definition) is 3. The highest BCUT2D eigenvalue weighted by Crippen LogP contribution is 2.38. The third kappa shape index (κ3) is 3.20. The van der Waals surface area contributed by atoms with Gasteiger partial charge in [0.2, 0.25) is 5.91 Å². The molecule has 6 heterocycles. The van der Waals surface area contributed by atoms with E-state index in [0.717, 1.165) is 52.7 Å². The molecule has 1 atom stereocenters. The fourth-order valence-corrected chi connectivity index (χ4v) is 5.77. The minimum atomic E-state index is -0.114. The van der Waals surface area contributed by atoms with E-state index in [4.69, 9.17) is 4.98 Å². The van der Waals surface area contributed by atoms with Crippen molar-refractivity contribution in [1.29, 1.82) is 0 Å². The van der Waals surface area contributed by atoms with Crippen molar-refractivity contribution in [3.63, 3.8) is 0 Å². The van der Waals surface area contributed by atoms with Crippen molar-refractivity contribution >= 4 is 40.2 Å². The highest BCUT2D eigenvalue weighted by molar-refractivity contribution is 6.07. The monoisotopic (exact) mass is 479 g/mol. The molecule has 3 N–H and O–H groups in total. The van der Waals surface area contributed by atoms with E-state index in [9.17, 15) is 9.59 Å². The second-order valence-electron chi connectivity index (χ2n) is 9.67. The van der Waals surface area contributed by atoms with Crippen molar-refractivity contribution in [2.45, 2.75) is 32.0 Å². The molecule has 0 bridgehead atoms. The smallest absolute Gasteiger partial charge is 0.254 e. The van der Waals surface area contributed by atoms with Crippen LogP contribution in [0.25, 0.3) is 22.2 Å². The molecule has 1 aromatic carbocycles. The zero-order chi connectivity index (χ0) is 24.4. The van der Waals surface area contributed by atoms with Gasteiger partial charge in [-0.3, -0.25) is 14.5 Å². The van der Waals surface area contributed by atoms with Crippen LogP contribution in [0, 0.1) is 0 Å². The van der Waals surface area contributed by atoms with Crippen LogP contribution in [0.1, 0.15) is 34.3 Å². The number of fused-ring (bicyclic) bond motifs is 4. The van der Waals surface area contributed by atoms with Crippen LogP contribution in [-0.2, 0) is 24.9 Å². The van der Waals surface area contributed by atoms with E-state index in [-0.39, 0.29) is 17.9 Å². The van der Waals surface area contributed by atoms with Crippen LogP contribution < -0.4 is 16.0 Å². The normalized spacial score (nSPS) is 18.9. The average molecular weight is 480 g/mol. The number of nitrogens with zero attached hydrogens (tertiary/aromatic N) is 4. The van der Waals surface area contributed by atoms with E-state index in [1.165, 1.54) is 0 Å². The van der Waals surface area contributed by atoms with Gasteiger partial charge in [-0.2, -0.15) is 0 Å². The van der Waals surface area contributed by atoms with Gasteiger partial charge in [0.1, 0.15) is 17.3 Å². The van der Waals surface area contributed by atoms with Gasteiger partial charge in [-0.15, -0.1) is 0 Å². The number of carbonyl (C=O) groups is 2. The number of carbonyl (C=O) groups excluding carboxylic acids is 2. The predicted molar refractivity (Wildman–Crippen MR) is 137 cm³/mol. The number of aryl methyl sites for hydroxylation is 1. The maximum absolute atomic E-state index is 12.9. The van der Waals surface area contributed by atoms with Crippen LogP contribution >= 0.6 is 0 Å². The summed E-state index contributed by atoms with van der Waals surface area (Å²) < 4.78 is 1.99. The van der Waals surface area contributed by atoms with Crippen molar-refractivity contribution in [3.05, 3.63) is 65.5 Å². The third-order valence-corrected chi connectivity index (χ3v) is 7.55. The summed E-state index contributed by atoms with van der Waals surface area (Å²) in [7, 11) is 1.97. The summed E-state index contributed by atoms with van der Waals surface area (Å²) in [4.78, 5) is 37.1. The Kier molecular flexibility index (Phi) is 4.62. The number of amides is 2. The molecule has 0 aliphatic carbocycles. The van der Waals surface area contributed by atoms with Crippen molar-refractivity contribution in [1.82, 2.24) is 24.8 Å². The number of aromatic nitrogens is 3. The van der Waals surface area contributed by atoms with Crippen molar-refractivity contribution in [3.8, 4) is 11.1 Å². The topological polar surface area (TPSA) is 104 Å². The SMILES string of the molecule is Cn1ccc2c(-c3ccc(Nc4ccc5c(n4)NC(=O)[C@@H]4CCCN4C5)c4c3CNC4=O)ccnc21. The summed E-state index contributed by atoms with van der Waals surface area (Å²) in [5.41, 5.74) is 6.22. The van der Waals surface area contributed by atoms with Crippen LogP contribution in [0.4, 0.5) is 17.3 Å². The first-order valence-corrected chi connectivity index (χ1v) is 12.2. The molecular weight excluding hydrogens is 454 g/mol. The Morgan fingerprint density at radius 2 is 2.00 bits per heavy atom. The predicted octanol–water partition coefficient (Wildman–Crippen LogP) is 3.54. The highest BCUT2D eigenvalue weighted by atomic mass is 16.2. The van der Waals surface area contributed by atoms with E-state index in [2.05, 4.69) is 31.9 Å². The Hall–Kier alpha value is -4.24. The lowest BCUT2D eigenvalue weighted by molar-refractivity contribution is -0.120. The second-order valence-corrected chi connectivity index (χ2v) is 9.67. The van der Waals surface area contributed by atoms with Crippen LogP contribution in [0.3, 0.4) is 0 Å². The maximum atomic E-state index is 12.9. The van der Waals surface area contributed by atoms with Crippen LogP contribution in [0.5, 0.6) is 0 Å². The van der Waals surface area contributed by atoms with Crippen molar-refractivity contribution < 1.29 is 9.59 Å². The van der Waals surface area contributed by atoms with Crippen LogP contribution in [-0.4, -0.2) is 43.8 Å².